The summed E-state index contributed by atoms with van der Waals surface area (Å²) in [6.45, 7) is 2.08. The van der Waals surface area contributed by atoms with Crippen molar-refractivity contribution in [3.8, 4) is 0 Å². The topological polar surface area (TPSA) is 26.3 Å². The van der Waals surface area contributed by atoms with Crippen molar-refractivity contribution in [2.24, 2.45) is 0 Å². The molecule has 3 aromatic carbocycles. The quantitative estimate of drug-likeness (QED) is 0.482. The summed E-state index contributed by atoms with van der Waals surface area (Å²) in [5.74, 6) is 1.58. The van der Waals surface area contributed by atoms with Crippen LogP contribution >= 0.6 is 6.89 Å². The molecule has 3 rings (SSSR count). The van der Waals surface area contributed by atoms with Crippen LogP contribution in [-0.4, -0.2) is 18.4 Å². The number of esters is 1. The Hall–Kier alpha value is -2.57. The molecule has 0 spiro atoms. The highest BCUT2D eigenvalue weighted by Gasteiger charge is 2.28. The van der Waals surface area contributed by atoms with E-state index in [4.69, 9.17) is 4.74 Å². The van der Waals surface area contributed by atoms with E-state index < -0.39 is 6.89 Å². The molecule has 2 nitrogen and oxygen atoms in total. The summed E-state index contributed by atoms with van der Waals surface area (Å²) in [7, 11) is 0. The van der Waals surface area contributed by atoms with Crippen LogP contribution in [0, 0.1) is 0 Å². The molecule has 0 aliphatic heterocycles. The lowest BCUT2D eigenvalue weighted by molar-refractivity contribution is -0.134. The van der Waals surface area contributed by atoms with E-state index >= 15 is 0 Å². The van der Waals surface area contributed by atoms with E-state index in [0.29, 0.717) is 6.61 Å². The number of carbonyl (C=O) groups excluding carboxylic acids is 1. The van der Waals surface area contributed by atoms with Crippen molar-refractivity contribution in [3.63, 3.8) is 0 Å². The highest BCUT2D eigenvalue weighted by atomic mass is 31.2. The molecule has 0 aliphatic carbocycles. The summed E-state index contributed by atoms with van der Waals surface area (Å²) in [6.07, 6.45) is 0.911. The minimum Gasteiger partial charge on any atom is -0.463 e. The van der Waals surface area contributed by atoms with Gasteiger partial charge in [-0.3, -0.25) is 0 Å². The number of ether oxygens (including phenoxy) is 1. The third-order valence-corrected chi connectivity index (χ3v) is 8.68. The second kappa shape index (κ2) is 8.88. The molecule has 0 saturated carbocycles. The first-order valence-electron chi connectivity index (χ1n) is 9.33. The van der Waals surface area contributed by atoms with Crippen LogP contribution < -0.4 is 15.9 Å². The Morgan fingerprint density at radius 2 is 1.33 bits per heavy atom. The molecule has 3 heteroatoms. The molecule has 0 radical (unpaired) electrons. The molecule has 0 atom stereocenters. The van der Waals surface area contributed by atoms with Crippen LogP contribution in [-0.2, 0) is 16.0 Å². The van der Waals surface area contributed by atoms with Crippen molar-refractivity contribution in [2.45, 2.75) is 20.3 Å². The largest absolute Gasteiger partial charge is 0.463 e. The van der Waals surface area contributed by atoms with E-state index in [0.717, 1.165) is 17.0 Å². The minimum absolute atomic E-state index is 0.260. The van der Waals surface area contributed by atoms with E-state index in [1.807, 2.05) is 49.1 Å². The van der Waals surface area contributed by atoms with Gasteiger partial charge >= 0.3 is 5.97 Å². The van der Waals surface area contributed by atoms with Crippen LogP contribution in [0.15, 0.2) is 84.9 Å². The number of rotatable bonds is 6. The van der Waals surface area contributed by atoms with Gasteiger partial charge in [-0.25, -0.2) is 4.79 Å². The zero-order chi connectivity index (χ0) is 19.1. The maximum atomic E-state index is 12.7. The third-order valence-electron chi connectivity index (χ3n) is 4.67. The summed E-state index contributed by atoms with van der Waals surface area (Å²) in [5.41, 5.74) is 1.26. The molecular formula is C24H25O2P. The molecule has 0 amide bonds. The van der Waals surface area contributed by atoms with E-state index in [-0.39, 0.29) is 5.97 Å². The minimum atomic E-state index is -2.29. The molecule has 0 bridgehead atoms. The van der Waals surface area contributed by atoms with Gasteiger partial charge in [-0.1, -0.05) is 91.9 Å². The van der Waals surface area contributed by atoms with Crippen molar-refractivity contribution >= 4 is 34.6 Å². The Morgan fingerprint density at radius 3 is 1.85 bits per heavy atom. The Bertz CT molecular complexity index is 903. The van der Waals surface area contributed by atoms with Gasteiger partial charge in [0.25, 0.3) is 0 Å². The Kier molecular flexibility index (Phi) is 6.32. The van der Waals surface area contributed by atoms with Crippen molar-refractivity contribution in [1.82, 2.24) is 0 Å². The van der Waals surface area contributed by atoms with Crippen LogP contribution in [0.2, 0.25) is 0 Å². The summed E-state index contributed by atoms with van der Waals surface area (Å²) in [6, 6.07) is 29.2. The molecular weight excluding hydrogens is 351 g/mol. The standard InChI is InChI=1S/C24H25O2P/c1-3-20-13-11-12-18-23(20)27(19-24(25)26-4-2,21-14-7-5-8-15-21)22-16-9-6-10-17-22/h5-19H,3-4H2,1-2H3. The summed E-state index contributed by atoms with van der Waals surface area (Å²) < 4.78 is 5.37. The van der Waals surface area contributed by atoms with Gasteiger partial charge in [0.1, 0.15) is 0 Å². The second-order valence-corrected chi connectivity index (χ2v) is 9.48. The van der Waals surface area contributed by atoms with Gasteiger partial charge in [0.05, 0.1) is 6.61 Å². The molecule has 0 aromatic heterocycles. The highest BCUT2D eigenvalue weighted by Crippen LogP contribution is 2.44. The zero-order valence-corrected chi connectivity index (χ0v) is 16.7. The van der Waals surface area contributed by atoms with Crippen LogP contribution in [0.3, 0.4) is 0 Å². The molecule has 0 saturated heterocycles. The summed E-state index contributed by atoms with van der Waals surface area (Å²) >= 11 is 0. The SMILES string of the molecule is CCOC(=O)C=P(c1ccccc1)(c1ccccc1)c1ccccc1CC. The first-order chi connectivity index (χ1) is 13.2. The fourth-order valence-electron chi connectivity index (χ4n) is 3.46. The van der Waals surface area contributed by atoms with Crippen LogP contribution in [0.25, 0.3) is 0 Å². The van der Waals surface area contributed by atoms with Crippen LogP contribution in [0.1, 0.15) is 19.4 Å². The number of carbonyl (C=O) groups is 1. The second-order valence-electron chi connectivity index (χ2n) is 6.26. The Morgan fingerprint density at radius 1 is 0.815 bits per heavy atom. The number of benzene rings is 3. The van der Waals surface area contributed by atoms with Crippen molar-refractivity contribution in [1.29, 1.82) is 0 Å². The first-order valence-corrected chi connectivity index (χ1v) is 11.2. The molecule has 0 N–H and O–H groups in total. The molecule has 0 fully saturated rings. The molecule has 3 aromatic rings. The van der Waals surface area contributed by atoms with Crippen molar-refractivity contribution in [3.05, 3.63) is 90.5 Å². The van der Waals surface area contributed by atoms with E-state index in [2.05, 4.69) is 55.5 Å². The molecule has 0 aliphatic rings. The number of hydrogen-bond donors (Lipinski definition) is 0. The third kappa shape index (κ3) is 3.91. The first kappa shape index (κ1) is 19.2. The van der Waals surface area contributed by atoms with Crippen molar-refractivity contribution in [2.75, 3.05) is 6.61 Å². The lowest BCUT2D eigenvalue weighted by Crippen LogP contribution is -2.30. The van der Waals surface area contributed by atoms with Crippen molar-refractivity contribution < 1.29 is 9.53 Å². The Labute approximate surface area is 161 Å². The smallest absolute Gasteiger partial charge is 0.331 e. The average Bonchev–Trinajstić information content (AvgIpc) is 2.73. The van der Waals surface area contributed by atoms with Gasteiger partial charge < -0.3 is 4.74 Å². The molecule has 27 heavy (non-hydrogen) atoms. The zero-order valence-electron chi connectivity index (χ0n) is 15.8. The van der Waals surface area contributed by atoms with E-state index in [1.165, 1.54) is 10.9 Å². The monoisotopic (exact) mass is 376 g/mol. The average molecular weight is 376 g/mol. The predicted molar refractivity (Wildman–Crippen MR) is 117 cm³/mol. The predicted octanol–water partition coefficient (Wildman–Crippen LogP) is 3.91. The lowest BCUT2D eigenvalue weighted by Gasteiger charge is -2.30. The maximum Gasteiger partial charge on any atom is 0.331 e. The summed E-state index contributed by atoms with van der Waals surface area (Å²) in [4.78, 5) is 12.7. The fourth-order valence-corrected chi connectivity index (χ4v) is 7.44. The number of hydrogen-bond acceptors (Lipinski definition) is 2. The van der Waals surface area contributed by atoms with Gasteiger partial charge in [-0.2, -0.15) is 0 Å². The Balaban J connectivity index is 2.45. The van der Waals surface area contributed by atoms with Gasteiger partial charge in [0, 0.05) is 5.80 Å². The van der Waals surface area contributed by atoms with E-state index in [1.54, 1.807) is 0 Å². The molecule has 0 unspecified atom stereocenters. The van der Waals surface area contributed by atoms with Gasteiger partial charge in [0.2, 0.25) is 0 Å². The normalized spacial score (nSPS) is 11.0. The molecule has 138 valence electrons. The lowest BCUT2D eigenvalue weighted by atomic mass is 10.2. The van der Waals surface area contributed by atoms with Crippen LogP contribution in [0.4, 0.5) is 0 Å². The van der Waals surface area contributed by atoms with Gasteiger partial charge in [-0.15, -0.1) is 0 Å². The van der Waals surface area contributed by atoms with Gasteiger partial charge in [-0.05, 0) is 41.7 Å². The number of aryl methyl sites for hydroxylation is 1. The van der Waals surface area contributed by atoms with Crippen LogP contribution in [0.5, 0.6) is 0 Å². The van der Waals surface area contributed by atoms with E-state index in [9.17, 15) is 4.79 Å². The maximum absolute atomic E-state index is 12.7. The summed E-state index contributed by atoms with van der Waals surface area (Å²) in [5, 5.41) is 3.54. The molecule has 0 heterocycles. The van der Waals surface area contributed by atoms with Gasteiger partial charge in [0.15, 0.2) is 0 Å². The fraction of sp³-hybridized carbons (Fsp3) is 0.167. The highest BCUT2D eigenvalue weighted by molar-refractivity contribution is 7.95.